The Labute approximate surface area is 182 Å². The SMILES string of the molecule is O=C1CCC(N2Cc3c(CN4CCN(C5CCCNC5)CC4)cccc3C2=O)C(=O)N1. The minimum absolute atomic E-state index is 0.0963. The first-order valence-electron chi connectivity index (χ1n) is 11.5. The summed E-state index contributed by atoms with van der Waals surface area (Å²) >= 11 is 0. The topological polar surface area (TPSA) is 85.0 Å². The number of amides is 3. The zero-order valence-corrected chi connectivity index (χ0v) is 17.9. The predicted octanol–water partition coefficient (Wildman–Crippen LogP) is 0.317. The molecule has 3 saturated heterocycles. The van der Waals surface area contributed by atoms with Gasteiger partial charge in [-0.15, -0.1) is 0 Å². The summed E-state index contributed by atoms with van der Waals surface area (Å²) in [5.74, 6) is -0.706. The van der Waals surface area contributed by atoms with E-state index in [1.807, 2.05) is 12.1 Å². The van der Waals surface area contributed by atoms with Gasteiger partial charge in [0.15, 0.2) is 0 Å². The molecule has 2 unspecified atom stereocenters. The quantitative estimate of drug-likeness (QED) is 0.676. The van der Waals surface area contributed by atoms with Gasteiger partial charge in [0.1, 0.15) is 6.04 Å². The number of carbonyl (C=O) groups is 3. The van der Waals surface area contributed by atoms with Gasteiger partial charge in [0.05, 0.1) is 0 Å². The second-order valence-electron chi connectivity index (χ2n) is 9.16. The van der Waals surface area contributed by atoms with Crippen molar-refractivity contribution in [2.75, 3.05) is 39.3 Å². The number of piperazine rings is 1. The number of hydrogen-bond acceptors (Lipinski definition) is 6. The molecule has 4 aliphatic rings. The second kappa shape index (κ2) is 8.68. The van der Waals surface area contributed by atoms with Gasteiger partial charge in [-0.1, -0.05) is 12.1 Å². The van der Waals surface area contributed by atoms with Crippen LogP contribution >= 0.6 is 0 Å². The maximum absolute atomic E-state index is 13.0. The number of nitrogens with one attached hydrogen (secondary N) is 2. The Kier molecular flexibility index (Phi) is 5.77. The first-order valence-corrected chi connectivity index (χ1v) is 11.5. The number of carbonyl (C=O) groups excluding carboxylic acids is 3. The summed E-state index contributed by atoms with van der Waals surface area (Å²) in [7, 11) is 0. The van der Waals surface area contributed by atoms with Gasteiger partial charge in [-0.05, 0) is 43.0 Å². The number of nitrogens with zero attached hydrogens (tertiary/aromatic N) is 3. The largest absolute Gasteiger partial charge is 0.322 e. The highest BCUT2D eigenvalue weighted by atomic mass is 16.2. The highest BCUT2D eigenvalue weighted by molar-refractivity contribution is 6.05. The van der Waals surface area contributed by atoms with E-state index < -0.39 is 6.04 Å². The number of benzene rings is 1. The molecule has 2 atom stereocenters. The summed E-state index contributed by atoms with van der Waals surface area (Å²) in [5.41, 5.74) is 2.92. The highest BCUT2D eigenvalue weighted by Crippen LogP contribution is 2.30. The van der Waals surface area contributed by atoms with Crippen LogP contribution in [-0.2, 0) is 22.7 Å². The number of fused-ring (bicyclic) bond motifs is 1. The van der Waals surface area contributed by atoms with Crippen molar-refractivity contribution < 1.29 is 14.4 Å². The summed E-state index contributed by atoms with van der Waals surface area (Å²) in [6, 6.07) is 6.03. The maximum atomic E-state index is 13.0. The zero-order valence-electron chi connectivity index (χ0n) is 17.9. The first kappa shape index (κ1) is 20.6. The summed E-state index contributed by atoms with van der Waals surface area (Å²) < 4.78 is 0. The molecule has 4 heterocycles. The molecule has 166 valence electrons. The average molecular weight is 426 g/mol. The Morgan fingerprint density at radius 2 is 1.87 bits per heavy atom. The molecule has 31 heavy (non-hydrogen) atoms. The highest BCUT2D eigenvalue weighted by Gasteiger charge is 2.40. The minimum atomic E-state index is -0.557. The average Bonchev–Trinajstić information content (AvgIpc) is 3.12. The second-order valence-corrected chi connectivity index (χ2v) is 9.16. The predicted molar refractivity (Wildman–Crippen MR) is 115 cm³/mol. The van der Waals surface area contributed by atoms with Crippen molar-refractivity contribution in [3.05, 3.63) is 34.9 Å². The van der Waals surface area contributed by atoms with Crippen LogP contribution in [0.3, 0.4) is 0 Å². The zero-order chi connectivity index (χ0) is 21.4. The lowest BCUT2D eigenvalue weighted by Gasteiger charge is -2.41. The van der Waals surface area contributed by atoms with Crippen molar-refractivity contribution in [1.29, 1.82) is 0 Å². The van der Waals surface area contributed by atoms with Crippen molar-refractivity contribution in [2.45, 2.75) is 50.9 Å². The number of hydrogen-bond donors (Lipinski definition) is 2. The molecular weight excluding hydrogens is 394 g/mol. The fourth-order valence-electron chi connectivity index (χ4n) is 5.47. The van der Waals surface area contributed by atoms with Crippen molar-refractivity contribution >= 4 is 17.7 Å². The van der Waals surface area contributed by atoms with Crippen molar-refractivity contribution in [2.24, 2.45) is 0 Å². The summed E-state index contributed by atoms with van der Waals surface area (Å²) in [6.45, 7) is 7.76. The number of piperidine rings is 2. The molecular formula is C23H31N5O3. The molecule has 0 aromatic heterocycles. The van der Waals surface area contributed by atoms with Crippen LogP contribution < -0.4 is 10.6 Å². The summed E-state index contributed by atoms with van der Waals surface area (Å²) in [5, 5.41) is 5.89. The van der Waals surface area contributed by atoms with Crippen LogP contribution in [0.25, 0.3) is 0 Å². The molecule has 1 aromatic carbocycles. The fourth-order valence-corrected chi connectivity index (χ4v) is 5.47. The molecule has 0 aliphatic carbocycles. The Morgan fingerprint density at radius 1 is 1.03 bits per heavy atom. The van der Waals surface area contributed by atoms with Crippen LogP contribution in [0.5, 0.6) is 0 Å². The van der Waals surface area contributed by atoms with E-state index in [1.165, 1.54) is 18.4 Å². The minimum Gasteiger partial charge on any atom is -0.322 e. The number of rotatable bonds is 4. The normalized spacial score (nSPS) is 28.0. The van der Waals surface area contributed by atoms with Gasteiger partial charge in [-0.25, -0.2) is 0 Å². The lowest BCUT2D eigenvalue weighted by molar-refractivity contribution is -0.136. The van der Waals surface area contributed by atoms with Crippen LogP contribution in [0.2, 0.25) is 0 Å². The third-order valence-corrected chi connectivity index (χ3v) is 7.27. The number of imide groups is 1. The third-order valence-electron chi connectivity index (χ3n) is 7.27. The van der Waals surface area contributed by atoms with Crippen molar-refractivity contribution in [1.82, 2.24) is 25.3 Å². The summed E-state index contributed by atoms with van der Waals surface area (Å²) in [4.78, 5) is 43.5. The Hall–Kier alpha value is -2.29. The lowest BCUT2D eigenvalue weighted by Crippen LogP contribution is -2.54. The molecule has 8 nitrogen and oxygen atoms in total. The van der Waals surface area contributed by atoms with Gasteiger partial charge in [0.2, 0.25) is 11.8 Å². The molecule has 0 spiro atoms. The van der Waals surface area contributed by atoms with E-state index in [9.17, 15) is 14.4 Å². The summed E-state index contributed by atoms with van der Waals surface area (Å²) in [6.07, 6.45) is 3.23. The molecule has 5 rings (SSSR count). The van der Waals surface area contributed by atoms with Gasteiger partial charge in [0.25, 0.3) is 5.91 Å². The van der Waals surface area contributed by atoms with E-state index >= 15 is 0 Å². The maximum Gasteiger partial charge on any atom is 0.255 e. The van der Waals surface area contributed by atoms with E-state index in [1.54, 1.807) is 4.90 Å². The Balaban J connectivity index is 1.24. The molecule has 3 amide bonds. The lowest BCUT2D eigenvalue weighted by atomic mass is 10.0. The molecule has 8 heteroatoms. The van der Waals surface area contributed by atoms with Crippen LogP contribution in [0.15, 0.2) is 18.2 Å². The monoisotopic (exact) mass is 425 g/mol. The molecule has 2 N–H and O–H groups in total. The fraction of sp³-hybridized carbons (Fsp3) is 0.609. The van der Waals surface area contributed by atoms with Gasteiger partial charge < -0.3 is 10.2 Å². The van der Waals surface area contributed by atoms with E-state index in [2.05, 4.69) is 26.5 Å². The van der Waals surface area contributed by atoms with E-state index in [-0.39, 0.29) is 24.1 Å². The van der Waals surface area contributed by atoms with Gasteiger partial charge in [0, 0.05) is 63.8 Å². The van der Waals surface area contributed by atoms with Crippen LogP contribution in [-0.4, -0.2) is 83.8 Å². The van der Waals surface area contributed by atoms with Gasteiger partial charge >= 0.3 is 0 Å². The smallest absolute Gasteiger partial charge is 0.255 e. The van der Waals surface area contributed by atoms with E-state index in [0.29, 0.717) is 24.6 Å². The molecule has 4 aliphatic heterocycles. The van der Waals surface area contributed by atoms with Crippen molar-refractivity contribution in [3.8, 4) is 0 Å². The molecule has 0 saturated carbocycles. The third kappa shape index (κ3) is 4.12. The first-order chi connectivity index (χ1) is 15.1. The van der Waals surface area contributed by atoms with Crippen molar-refractivity contribution in [3.63, 3.8) is 0 Å². The molecule has 0 radical (unpaired) electrons. The molecule has 3 fully saturated rings. The van der Waals surface area contributed by atoms with Crippen LogP contribution in [0.4, 0.5) is 0 Å². The molecule has 1 aromatic rings. The standard InChI is InChI=1S/C23H31N5O3/c29-21-7-6-20(22(30)25-21)28-15-19-16(3-1-5-18(19)23(28)31)14-26-9-11-27(12-10-26)17-4-2-8-24-13-17/h1,3,5,17,20,24H,2,4,6-15H2,(H,25,29,30). The van der Waals surface area contributed by atoms with E-state index in [0.717, 1.165) is 51.4 Å². The van der Waals surface area contributed by atoms with Crippen LogP contribution in [0.1, 0.15) is 47.2 Å². The van der Waals surface area contributed by atoms with Crippen LogP contribution in [0, 0.1) is 0 Å². The van der Waals surface area contributed by atoms with Gasteiger partial charge in [-0.3, -0.25) is 29.5 Å². The Bertz CT molecular complexity index is 874. The Morgan fingerprint density at radius 3 is 2.61 bits per heavy atom. The van der Waals surface area contributed by atoms with E-state index in [4.69, 9.17) is 0 Å². The molecule has 0 bridgehead atoms. The van der Waals surface area contributed by atoms with Gasteiger partial charge in [-0.2, -0.15) is 0 Å².